The molecule has 3 amide bonds. The predicted molar refractivity (Wildman–Crippen MR) is 176 cm³/mol. The number of anilines is 2. The van der Waals surface area contributed by atoms with E-state index in [9.17, 15) is 14.4 Å². The maximum Gasteiger partial charge on any atom is 0.258 e. The van der Waals surface area contributed by atoms with Gasteiger partial charge in [-0.15, -0.1) is 12.4 Å². The van der Waals surface area contributed by atoms with E-state index in [1.54, 1.807) is 43.0 Å². The molecule has 4 aromatic rings. The van der Waals surface area contributed by atoms with Crippen molar-refractivity contribution in [3.63, 3.8) is 0 Å². The number of nitrogens with zero attached hydrogens (tertiary/aromatic N) is 2. The summed E-state index contributed by atoms with van der Waals surface area (Å²) in [6.45, 7) is 3.82. The largest absolute Gasteiger partial charge is 0.496 e. The first-order valence-corrected chi connectivity index (χ1v) is 14.5. The van der Waals surface area contributed by atoms with Gasteiger partial charge in [-0.1, -0.05) is 57.9 Å². The zero-order valence-electron chi connectivity index (χ0n) is 24.4. The zero-order chi connectivity index (χ0) is 30.0. The van der Waals surface area contributed by atoms with Crippen molar-refractivity contribution >= 4 is 68.2 Å². The average Bonchev–Trinajstić information content (AvgIpc) is 3.11. The number of rotatable bonds is 7. The van der Waals surface area contributed by atoms with E-state index in [-0.39, 0.29) is 43.2 Å². The van der Waals surface area contributed by atoms with E-state index < -0.39 is 12.1 Å². The van der Waals surface area contributed by atoms with E-state index in [4.69, 9.17) is 4.74 Å². The van der Waals surface area contributed by atoms with Crippen LogP contribution in [0, 0.1) is 6.92 Å². The minimum absolute atomic E-state index is 0. The summed E-state index contributed by atoms with van der Waals surface area (Å²) in [5.41, 5.74) is 3.49. The second-order valence-electron chi connectivity index (χ2n) is 10.4. The molecule has 0 bridgehead atoms. The molecule has 224 valence electrons. The number of benzene rings is 4. The number of halogens is 2. The Labute approximate surface area is 265 Å². The van der Waals surface area contributed by atoms with E-state index in [1.165, 1.54) is 0 Å². The molecular weight excluding hydrogens is 632 g/mol. The lowest BCUT2D eigenvalue weighted by molar-refractivity contribution is -0.128. The summed E-state index contributed by atoms with van der Waals surface area (Å²) in [6.07, 6.45) is 0. The smallest absolute Gasteiger partial charge is 0.258 e. The van der Waals surface area contributed by atoms with Crippen molar-refractivity contribution in [1.82, 2.24) is 10.6 Å². The Morgan fingerprint density at radius 3 is 2.40 bits per heavy atom. The summed E-state index contributed by atoms with van der Waals surface area (Å²) in [4.78, 5) is 44.7. The van der Waals surface area contributed by atoms with Gasteiger partial charge in [-0.05, 0) is 74.1 Å². The summed E-state index contributed by atoms with van der Waals surface area (Å²) in [5, 5.41) is 7.74. The first-order chi connectivity index (χ1) is 20.2. The van der Waals surface area contributed by atoms with Crippen molar-refractivity contribution in [2.24, 2.45) is 0 Å². The SMILES string of the molecule is CN[C@@H](C)C(=O)N[C@H]1CN(C(=O)c2ccc(C)cc2)c2ccccc2N(Cc2c(OC)ccc3cc(Br)ccc23)C1=O.Cl. The Kier molecular flexibility index (Phi) is 10.1. The highest BCUT2D eigenvalue weighted by Gasteiger charge is 2.38. The van der Waals surface area contributed by atoms with E-state index in [0.29, 0.717) is 22.7 Å². The lowest BCUT2D eigenvalue weighted by Crippen LogP contribution is -2.55. The Hall–Kier alpha value is -3.92. The number of likely N-dealkylation sites (N-methyl/N-ethyl adjacent to an activating group) is 1. The van der Waals surface area contributed by atoms with Crippen LogP contribution in [0.1, 0.15) is 28.4 Å². The number of nitrogens with one attached hydrogen (secondary N) is 2. The minimum Gasteiger partial charge on any atom is -0.496 e. The summed E-state index contributed by atoms with van der Waals surface area (Å²) in [6, 6.07) is 23.0. The maximum atomic E-state index is 14.4. The molecule has 10 heteroatoms. The summed E-state index contributed by atoms with van der Waals surface area (Å²) < 4.78 is 6.69. The molecule has 0 radical (unpaired) electrons. The van der Waals surface area contributed by atoms with Crippen molar-refractivity contribution in [1.29, 1.82) is 0 Å². The van der Waals surface area contributed by atoms with E-state index in [2.05, 4.69) is 26.6 Å². The molecule has 0 aliphatic carbocycles. The van der Waals surface area contributed by atoms with Gasteiger partial charge in [0.1, 0.15) is 11.8 Å². The van der Waals surface area contributed by atoms with Gasteiger partial charge in [0.05, 0.1) is 37.6 Å². The summed E-state index contributed by atoms with van der Waals surface area (Å²) >= 11 is 3.55. The lowest BCUT2D eigenvalue weighted by atomic mass is 10.0. The average molecular weight is 666 g/mol. The molecule has 1 aliphatic rings. The zero-order valence-corrected chi connectivity index (χ0v) is 26.8. The van der Waals surface area contributed by atoms with Crippen LogP contribution >= 0.6 is 28.3 Å². The van der Waals surface area contributed by atoms with Crippen LogP contribution in [0.25, 0.3) is 10.8 Å². The Balaban J connectivity index is 0.00000423. The van der Waals surface area contributed by atoms with Crippen LogP contribution in [0.2, 0.25) is 0 Å². The number of fused-ring (bicyclic) bond motifs is 2. The number of hydrogen-bond acceptors (Lipinski definition) is 5. The van der Waals surface area contributed by atoms with Gasteiger partial charge in [0.25, 0.3) is 11.8 Å². The molecule has 8 nitrogen and oxygen atoms in total. The quantitative estimate of drug-likeness (QED) is 0.267. The number of aryl methyl sites for hydroxylation is 1. The molecule has 0 saturated carbocycles. The molecule has 5 rings (SSSR count). The van der Waals surface area contributed by atoms with Crippen molar-refractivity contribution in [3.8, 4) is 5.75 Å². The van der Waals surface area contributed by atoms with Crippen LogP contribution in [0.3, 0.4) is 0 Å². The number of amides is 3. The number of para-hydroxylation sites is 2. The third-order valence-electron chi connectivity index (χ3n) is 7.67. The van der Waals surface area contributed by atoms with Crippen molar-refractivity contribution in [2.75, 3.05) is 30.5 Å². The van der Waals surface area contributed by atoms with E-state index in [1.807, 2.05) is 73.7 Å². The van der Waals surface area contributed by atoms with Gasteiger partial charge in [0.2, 0.25) is 5.91 Å². The molecule has 1 aliphatic heterocycles. The highest BCUT2D eigenvalue weighted by molar-refractivity contribution is 9.10. The Morgan fingerprint density at radius 2 is 1.72 bits per heavy atom. The normalized spacial score (nSPS) is 15.3. The molecule has 2 N–H and O–H groups in total. The topological polar surface area (TPSA) is 91.0 Å². The molecule has 43 heavy (non-hydrogen) atoms. The monoisotopic (exact) mass is 664 g/mol. The second-order valence-corrected chi connectivity index (χ2v) is 11.3. The van der Waals surface area contributed by atoms with Crippen molar-refractivity contribution in [3.05, 3.63) is 100 Å². The molecule has 0 spiro atoms. The fraction of sp³-hybridized carbons (Fsp3) is 0.242. The van der Waals surface area contributed by atoms with Gasteiger partial charge in [0.15, 0.2) is 0 Å². The molecule has 0 fully saturated rings. The fourth-order valence-electron chi connectivity index (χ4n) is 5.19. The summed E-state index contributed by atoms with van der Waals surface area (Å²) in [5.74, 6) is -0.284. The van der Waals surface area contributed by atoms with E-state index in [0.717, 1.165) is 26.4 Å². The van der Waals surface area contributed by atoms with Crippen LogP contribution in [-0.4, -0.2) is 50.5 Å². The molecule has 4 aromatic carbocycles. The van der Waals surface area contributed by atoms with Gasteiger partial charge in [0, 0.05) is 15.6 Å². The maximum absolute atomic E-state index is 14.4. The Morgan fingerprint density at radius 1 is 1.02 bits per heavy atom. The second kappa shape index (κ2) is 13.6. The number of methoxy groups -OCH3 is 1. The molecule has 1 heterocycles. The van der Waals surface area contributed by atoms with Crippen LogP contribution in [-0.2, 0) is 16.1 Å². The van der Waals surface area contributed by atoms with Crippen LogP contribution in [0.4, 0.5) is 11.4 Å². The number of carbonyl (C=O) groups is 3. The number of carbonyl (C=O) groups excluding carboxylic acids is 3. The standard InChI is InChI=1S/C33H33BrN4O4.ClH/c1-20-9-11-22(12-10-20)32(40)38-19-27(36-31(39)21(2)35-3)33(41)37(28-7-5-6-8-29(28)38)18-26-25-15-14-24(34)17-23(25)13-16-30(26)42-4;/h5-17,21,27,35H,18-19H2,1-4H3,(H,36,39);1H/t21-,27-;/m0./s1. The van der Waals surface area contributed by atoms with Gasteiger partial charge in [-0.2, -0.15) is 0 Å². The van der Waals surface area contributed by atoms with Gasteiger partial charge in [-0.3, -0.25) is 14.4 Å². The van der Waals surface area contributed by atoms with Crippen molar-refractivity contribution < 1.29 is 19.1 Å². The highest BCUT2D eigenvalue weighted by Crippen LogP contribution is 2.38. The van der Waals surface area contributed by atoms with Crippen LogP contribution in [0.15, 0.2) is 83.3 Å². The van der Waals surface area contributed by atoms with Gasteiger partial charge in [-0.25, -0.2) is 0 Å². The molecule has 0 saturated heterocycles. The molecule has 0 unspecified atom stereocenters. The third-order valence-corrected chi connectivity index (χ3v) is 8.16. The Bertz CT molecular complexity index is 1660. The molecule has 0 aromatic heterocycles. The van der Waals surface area contributed by atoms with E-state index >= 15 is 0 Å². The fourth-order valence-corrected chi connectivity index (χ4v) is 5.57. The minimum atomic E-state index is -0.995. The first kappa shape index (κ1) is 32.0. The van der Waals surface area contributed by atoms with Gasteiger partial charge < -0.3 is 25.2 Å². The number of ether oxygens (including phenoxy) is 1. The lowest BCUT2D eigenvalue weighted by Gasteiger charge is -2.27. The highest BCUT2D eigenvalue weighted by atomic mass is 79.9. The van der Waals surface area contributed by atoms with Crippen LogP contribution < -0.4 is 25.2 Å². The number of hydrogen-bond donors (Lipinski definition) is 2. The molecule has 2 atom stereocenters. The van der Waals surface area contributed by atoms with Crippen LogP contribution in [0.5, 0.6) is 5.75 Å². The summed E-state index contributed by atoms with van der Waals surface area (Å²) in [7, 11) is 3.28. The predicted octanol–water partition coefficient (Wildman–Crippen LogP) is 5.63. The van der Waals surface area contributed by atoms with Crippen molar-refractivity contribution in [2.45, 2.75) is 32.5 Å². The first-order valence-electron chi connectivity index (χ1n) is 13.7. The van der Waals surface area contributed by atoms with Gasteiger partial charge >= 0.3 is 0 Å². The third kappa shape index (κ3) is 6.54. The molecular formula is C33H34BrClN4O4.